The van der Waals surface area contributed by atoms with Crippen LogP contribution in [0.3, 0.4) is 0 Å². The zero-order chi connectivity index (χ0) is 16.6. The summed E-state index contributed by atoms with van der Waals surface area (Å²) in [7, 11) is 0. The van der Waals surface area contributed by atoms with Crippen LogP contribution >= 0.6 is 11.6 Å². The van der Waals surface area contributed by atoms with Gasteiger partial charge in [-0.15, -0.1) is 0 Å². The fraction of sp³-hybridized carbons (Fsp3) is 0.222. The number of aromatic nitrogens is 2. The van der Waals surface area contributed by atoms with Gasteiger partial charge in [-0.2, -0.15) is 0 Å². The van der Waals surface area contributed by atoms with Crippen molar-refractivity contribution in [1.29, 1.82) is 0 Å². The highest BCUT2D eigenvalue weighted by atomic mass is 35.5. The molecule has 0 aliphatic carbocycles. The second-order valence-electron chi connectivity index (χ2n) is 5.67. The topological polar surface area (TPSA) is 60.9 Å². The Hall–Kier alpha value is -2.33. The molecule has 1 heterocycles. The summed E-state index contributed by atoms with van der Waals surface area (Å²) in [5, 5.41) is 1.19. The van der Waals surface area contributed by atoms with Crippen LogP contribution < -0.4 is 11.3 Å². The van der Waals surface area contributed by atoms with E-state index in [9.17, 15) is 4.79 Å². The van der Waals surface area contributed by atoms with Gasteiger partial charge < -0.3 is 5.73 Å². The monoisotopic (exact) mass is 327 g/mol. The number of nitrogen functional groups attached to an aromatic ring is 1. The second-order valence-corrected chi connectivity index (χ2v) is 6.11. The van der Waals surface area contributed by atoms with Crippen molar-refractivity contribution in [2.24, 2.45) is 0 Å². The van der Waals surface area contributed by atoms with Gasteiger partial charge in [-0.1, -0.05) is 25.4 Å². The minimum Gasteiger partial charge on any atom is -0.399 e. The van der Waals surface area contributed by atoms with Gasteiger partial charge in [-0.05, 0) is 48.9 Å². The molecule has 2 aromatic carbocycles. The molecule has 0 radical (unpaired) electrons. The maximum absolute atomic E-state index is 13.0. The summed E-state index contributed by atoms with van der Waals surface area (Å²) >= 11 is 5.96. The fourth-order valence-electron chi connectivity index (χ4n) is 2.57. The molecule has 0 saturated heterocycles. The molecule has 4 nitrogen and oxygen atoms in total. The lowest BCUT2D eigenvalue weighted by Gasteiger charge is -2.17. The van der Waals surface area contributed by atoms with Crippen LogP contribution in [0.1, 0.15) is 32.0 Å². The van der Waals surface area contributed by atoms with Crippen molar-refractivity contribution in [3.05, 3.63) is 63.7 Å². The van der Waals surface area contributed by atoms with Crippen molar-refractivity contribution in [1.82, 2.24) is 9.55 Å². The highest BCUT2D eigenvalue weighted by Gasteiger charge is 2.17. The van der Waals surface area contributed by atoms with Crippen LogP contribution in [0.4, 0.5) is 5.69 Å². The van der Waals surface area contributed by atoms with Gasteiger partial charge >= 0.3 is 0 Å². The number of benzene rings is 2. The summed E-state index contributed by atoms with van der Waals surface area (Å²) in [6.45, 7) is 4.14. The van der Waals surface area contributed by atoms with E-state index < -0.39 is 0 Å². The van der Waals surface area contributed by atoms with Crippen LogP contribution in [0.2, 0.25) is 5.02 Å². The summed E-state index contributed by atoms with van der Waals surface area (Å²) in [6.07, 6.45) is 0.883. The largest absolute Gasteiger partial charge is 0.399 e. The van der Waals surface area contributed by atoms with Crippen molar-refractivity contribution in [3.63, 3.8) is 0 Å². The Bertz CT molecular complexity index is 916. The minimum absolute atomic E-state index is 0.0902. The number of fused-ring (bicyclic) bond motifs is 1. The second kappa shape index (κ2) is 6.05. The van der Waals surface area contributed by atoms with Crippen molar-refractivity contribution in [3.8, 4) is 5.69 Å². The van der Waals surface area contributed by atoms with E-state index in [0.717, 1.165) is 17.9 Å². The van der Waals surface area contributed by atoms with Crippen molar-refractivity contribution >= 4 is 28.2 Å². The van der Waals surface area contributed by atoms with Gasteiger partial charge in [-0.3, -0.25) is 9.36 Å². The quantitative estimate of drug-likeness (QED) is 0.735. The third-order valence-corrected chi connectivity index (χ3v) is 4.31. The van der Waals surface area contributed by atoms with Gasteiger partial charge in [0.05, 0.1) is 16.6 Å². The average Bonchev–Trinajstić information content (AvgIpc) is 2.54. The summed E-state index contributed by atoms with van der Waals surface area (Å²) < 4.78 is 1.67. The van der Waals surface area contributed by atoms with E-state index in [1.54, 1.807) is 34.9 Å². The van der Waals surface area contributed by atoms with Gasteiger partial charge in [0.15, 0.2) is 0 Å². The van der Waals surface area contributed by atoms with Crippen LogP contribution in [0, 0.1) is 0 Å². The number of hydrogen-bond acceptors (Lipinski definition) is 3. The average molecular weight is 328 g/mol. The molecular weight excluding hydrogens is 310 g/mol. The van der Waals surface area contributed by atoms with E-state index in [1.807, 2.05) is 12.1 Å². The number of hydrogen-bond donors (Lipinski definition) is 1. The SMILES string of the molecule is CCC(C)c1nc2cc(N)ccc2c(=O)n1-c1ccc(Cl)cc1. The van der Waals surface area contributed by atoms with E-state index in [4.69, 9.17) is 22.3 Å². The molecule has 0 amide bonds. The lowest BCUT2D eigenvalue weighted by atomic mass is 10.1. The molecule has 5 heteroatoms. The maximum Gasteiger partial charge on any atom is 0.265 e. The molecule has 3 rings (SSSR count). The number of nitrogens with zero attached hydrogens (tertiary/aromatic N) is 2. The molecule has 23 heavy (non-hydrogen) atoms. The molecule has 0 bridgehead atoms. The van der Waals surface area contributed by atoms with E-state index in [2.05, 4.69) is 13.8 Å². The van der Waals surface area contributed by atoms with Gasteiger partial charge in [0.1, 0.15) is 5.82 Å². The lowest BCUT2D eigenvalue weighted by Crippen LogP contribution is -2.25. The van der Waals surface area contributed by atoms with Crippen LogP contribution in [-0.2, 0) is 0 Å². The normalized spacial score (nSPS) is 12.5. The first-order chi connectivity index (χ1) is 11.0. The Morgan fingerprint density at radius 3 is 2.57 bits per heavy atom. The highest BCUT2D eigenvalue weighted by molar-refractivity contribution is 6.30. The number of anilines is 1. The molecule has 1 aromatic heterocycles. The van der Waals surface area contributed by atoms with Gasteiger partial charge in [0.25, 0.3) is 5.56 Å². The summed E-state index contributed by atoms with van der Waals surface area (Å²) in [4.78, 5) is 17.7. The molecule has 0 fully saturated rings. The van der Waals surface area contributed by atoms with E-state index in [1.165, 1.54) is 0 Å². The summed E-state index contributed by atoms with van der Waals surface area (Å²) in [5.74, 6) is 0.877. The zero-order valence-corrected chi connectivity index (χ0v) is 13.8. The number of nitrogens with two attached hydrogens (primary N) is 1. The first-order valence-electron chi connectivity index (χ1n) is 7.59. The number of halogens is 1. The molecule has 1 unspecified atom stereocenters. The Kier molecular flexibility index (Phi) is 4.09. The van der Waals surface area contributed by atoms with E-state index in [0.29, 0.717) is 21.6 Å². The molecule has 118 valence electrons. The van der Waals surface area contributed by atoms with Crippen molar-refractivity contribution in [2.45, 2.75) is 26.2 Å². The third kappa shape index (κ3) is 2.82. The smallest absolute Gasteiger partial charge is 0.265 e. The molecule has 1 atom stereocenters. The fourth-order valence-corrected chi connectivity index (χ4v) is 2.70. The predicted molar refractivity (Wildman–Crippen MR) is 95.5 cm³/mol. The Labute approximate surface area is 139 Å². The molecular formula is C18H18ClN3O. The standard InChI is InChI=1S/C18H18ClN3O/c1-3-11(2)17-21-16-10-13(20)6-9-15(16)18(23)22(17)14-7-4-12(19)5-8-14/h4-11H,3,20H2,1-2H3. The molecule has 2 N–H and O–H groups in total. The van der Waals surface area contributed by atoms with Crippen molar-refractivity contribution in [2.75, 3.05) is 5.73 Å². The third-order valence-electron chi connectivity index (χ3n) is 4.06. The van der Waals surface area contributed by atoms with Crippen LogP contribution in [-0.4, -0.2) is 9.55 Å². The Morgan fingerprint density at radius 1 is 1.22 bits per heavy atom. The first-order valence-corrected chi connectivity index (χ1v) is 7.97. The molecule has 0 saturated carbocycles. The van der Waals surface area contributed by atoms with Gasteiger partial charge in [0, 0.05) is 16.6 Å². The molecule has 3 aromatic rings. The summed E-state index contributed by atoms with van der Waals surface area (Å²) in [6, 6.07) is 12.4. The molecule has 0 aliphatic heterocycles. The molecule has 0 aliphatic rings. The Balaban J connectivity index is 2.38. The predicted octanol–water partition coefficient (Wildman–Crippen LogP) is 4.13. The van der Waals surface area contributed by atoms with Crippen molar-refractivity contribution < 1.29 is 0 Å². The van der Waals surface area contributed by atoms with E-state index in [-0.39, 0.29) is 11.5 Å². The lowest BCUT2D eigenvalue weighted by molar-refractivity contribution is 0.649. The van der Waals surface area contributed by atoms with E-state index >= 15 is 0 Å². The van der Waals surface area contributed by atoms with Gasteiger partial charge in [0.2, 0.25) is 0 Å². The van der Waals surface area contributed by atoms with Crippen LogP contribution in [0.5, 0.6) is 0 Å². The number of rotatable bonds is 3. The first kappa shape index (κ1) is 15.6. The summed E-state index contributed by atoms with van der Waals surface area (Å²) in [5.41, 5.74) is 7.74. The maximum atomic E-state index is 13.0. The molecule has 0 spiro atoms. The van der Waals surface area contributed by atoms with Crippen LogP contribution in [0.15, 0.2) is 47.3 Å². The van der Waals surface area contributed by atoms with Crippen LogP contribution in [0.25, 0.3) is 16.6 Å². The highest BCUT2D eigenvalue weighted by Crippen LogP contribution is 2.23. The minimum atomic E-state index is -0.0902. The zero-order valence-electron chi connectivity index (χ0n) is 13.1. The Morgan fingerprint density at radius 2 is 1.91 bits per heavy atom. The van der Waals surface area contributed by atoms with Gasteiger partial charge in [-0.25, -0.2) is 4.98 Å².